The number of hydrogen-bond acceptors (Lipinski definition) is 8. The summed E-state index contributed by atoms with van der Waals surface area (Å²) in [6.07, 6.45) is 20.2. The average Bonchev–Trinajstić information content (AvgIpc) is 2.75. The summed E-state index contributed by atoms with van der Waals surface area (Å²) in [7, 11) is -9.01. The fourth-order valence-corrected chi connectivity index (χ4v) is 4.46. The third-order valence-electron chi connectivity index (χ3n) is 5.78. The maximum atomic E-state index is 10.4. The van der Waals surface area contributed by atoms with Gasteiger partial charge in [0.05, 0.1) is 0 Å². The van der Waals surface area contributed by atoms with Crippen molar-refractivity contribution in [1.82, 2.24) is 0 Å². The largest absolute Gasteiger partial charge is 2.00 e. The molecule has 208 valence electrons. The zero-order valence-corrected chi connectivity index (χ0v) is 25.2. The van der Waals surface area contributed by atoms with Crippen LogP contribution in [0, 0.1) is 0 Å². The Morgan fingerprint density at radius 1 is 0.486 bits per heavy atom. The third-order valence-corrected chi connectivity index (χ3v) is 7.58. The van der Waals surface area contributed by atoms with E-state index in [1.165, 1.54) is 64.2 Å². The van der Waals surface area contributed by atoms with Crippen molar-refractivity contribution in [1.29, 1.82) is 0 Å². The van der Waals surface area contributed by atoms with Crippen LogP contribution in [0.4, 0.5) is 0 Å². The van der Waals surface area contributed by atoms with Gasteiger partial charge in [-0.3, -0.25) is 0 Å². The van der Waals surface area contributed by atoms with Crippen LogP contribution in [0.15, 0.2) is 0 Å². The van der Waals surface area contributed by atoms with Crippen molar-refractivity contribution in [2.24, 2.45) is 0 Å². The van der Waals surface area contributed by atoms with Crippen molar-refractivity contribution in [3.8, 4) is 0 Å². The van der Waals surface area contributed by atoms with Crippen LogP contribution < -0.4 is 0 Å². The maximum absolute atomic E-state index is 10.4. The molecule has 11 heteroatoms. The van der Waals surface area contributed by atoms with Gasteiger partial charge in [-0.05, 0) is 25.7 Å². The van der Waals surface area contributed by atoms with Gasteiger partial charge in [0, 0.05) is 0 Å². The van der Waals surface area contributed by atoms with Crippen LogP contribution in [-0.2, 0) is 20.2 Å². The van der Waals surface area contributed by atoms with Gasteiger partial charge < -0.3 is 19.3 Å². The van der Waals surface area contributed by atoms with Gasteiger partial charge in [0.2, 0.25) is 0 Å². The molecule has 0 aromatic rings. The zero-order valence-electron chi connectivity index (χ0n) is 22.2. The number of unbranched alkanes of at least 4 members (excludes halogenated alkanes) is 16. The molecule has 2 N–H and O–H groups in total. The van der Waals surface area contributed by atoms with Crippen LogP contribution in [0.1, 0.15) is 142 Å². The molecule has 0 aliphatic rings. The molecule has 0 aliphatic carbocycles. The van der Waals surface area contributed by atoms with Gasteiger partial charge in [0.1, 0.15) is 31.1 Å². The van der Waals surface area contributed by atoms with Crippen LogP contribution in [0.2, 0.25) is 0 Å². The first kappa shape index (κ1) is 40.0. The minimum absolute atomic E-state index is 0. The van der Waals surface area contributed by atoms with Crippen molar-refractivity contribution in [2.45, 2.75) is 153 Å². The minimum atomic E-state index is -4.50. The Labute approximate surface area is 231 Å². The van der Waals surface area contributed by atoms with Gasteiger partial charge >= 0.3 is 23.1 Å². The van der Waals surface area contributed by atoms with E-state index in [-0.39, 0.29) is 35.9 Å². The van der Waals surface area contributed by atoms with Crippen molar-refractivity contribution < 1.29 is 36.2 Å². The molecule has 2 unspecified atom stereocenters. The van der Waals surface area contributed by atoms with Crippen molar-refractivity contribution >= 4 is 43.3 Å². The Morgan fingerprint density at radius 2 is 0.686 bits per heavy atom. The van der Waals surface area contributed by atoms with Gasteiger partial charge in [0.25, 0.3) is 0 Å². The molecule has 0 aromatic carbocycles. The molecule has 0 aromatic heterocycles. The van der Waals surface area contributed by atoms with E-state index in [2.05, 4.69) is 13.8 Å². The van der Waals surface area contributed by atoms with Crippen molar-refractivity contribution in [3.05, 3.63) is 0 Å². The fourth-order valence-electron chi connectivity index (χ4n) is 3.55. The molecule has 0 radical (unpaired) electrons. The normalized spacial score (nSPS) is 13.4. The van der Waals surface area contributed by atoms with Gasteiger partial charge in [-0.2, -0.15) is 0 Å². The molecule has 0 rings (SSSR count). The van der Waals surface area contributed by atoms with Crippen molar-refractivity contribution in [3.63, 3.8) is 0 Å². The minimum Gasteiger partial charge on any atom is -0.746 e. The summed E-state index contributed by atoms with van der Waals surface area (Å²) in [5, 5.41) is 18.0. The topological polar surface area (TPSA) is 155 Å². The molecule has 0 saturated carbocycles. The van der Waals surface area contributed by atoms with Gasteiger partial charge in [-0.1, -0.05) is 117 Å². The first-order valence-corrected chi connectivity index (χ1v) is 16.2. The van der Waals surface area contributed by atoms with Crippen LogP contribution in [0.5, 0.6) is 0 Å². The Kier molecular flexibility index (Phi) is 29.9. The van der Waals surface area contributed by atoms with E-state index in [1.54, 1.807) is 0 Å². The van der Waals surface area contributed by atoms with E-state index in [9.17, 15) is 25.9 Å². The Balaban J connectivity index is -0.000000569. The maximum Gasteiger partial charge on any atom is 2.00 e. The Bertz CT molecular complexity index is 586. The third kappa shape index (κ3) is 30.6. The summed E-state index contributed by atoms with van der Waals surface area (Å²) in [4.78, 5) is 0. The molecule has 0 spiro atoms. The molecule has 0 fully saturated rings. The number of rotatable bonds is 22. The summed E-state index contributed by atoms with van der Waals surface area (Å²) in [5.41, 5.74) is -3.43. The molecule has 0 heterocycles. The molecule has 8 nitrogen and oxygen atoms in total. The van der Waals surface area contributed by atoms with E-state index in [1.807, 2.05) is 0 Å². The van der Waals surface area contributed by atoms with E-state index < -0.39 is 31.1 Å². The summed E-state index contributed by atoms with van der Waals surface area (Å²) >= 11 is 0. The van der Waals surface area contributed by atoms with E-state index in [0.29, 0.717) is 12.8 Å². The quantitative estimate of drug-likeness (QED) is 0.106. The predicted octanol–water partition coefficient (Wildman–Crippen LogP) is 5.16. The molecular weight excluding hydrogens is 505 g/mol. The van der Waals surface area contributed by atoms with Gasteiger partial charge in [0.15, 0.2) is 0 Å². The Hall–Kier alpha value is 0.506. The first-order chi connectivity index (χ1) is 16.0. The summed E-state index contributed by atoms with van der Waals surface area (Å²) in [6.45, 7) is 4.38. The number of aliphatic hydroxyl groups is 2. The monoisotopic (exact) mass is 554 g/mol. The van der Waals surface area contributed by atoms with Crippen LogP contribution in [0.3, 0.4) is 0 Å². The molecule has 35 heavy (non-hydrogen) atoms. The van der Waals surface area contributed by atoms with E-state index >= 15 is 0 Å². The first-order valence-electron chi connectivity index (χ1n) is 13.2. The van der Waals surface area contributed by atoms with Crippen LogP contribution >= 0.6 is 0 Å². The number of aliphatic hydroxyl groups excluding tert-OH is 2. The van der Waals surface area contributed by atoms with Crippen molar-refractivity contribution in [2.75, 3.05) is 0 Å². The molecule has 0 aliphatic heterocycles. The number of hydrogen-bond donors (Lipinski definition) is 2. The average molecular weight is 555 g/mol. The second-order valence-electron chi connectivity index (χ2n) is 9.13. The van der Waals surface area contributed by atoms with E-state index in [0.717, 1.165) is 38.5 Å². The second kappa shape index (κ2) is 26.1. The SMILES string of the molecule is CCCCCCCCCCCC(O)S(=O)(=O)[O-].CCCCCCCCCCCC(O)S(=O)(=O)[O-].[Mg+2]. The van der Waals surface area contributed by atoms with Gasteiger partial charge in [-0.25, -0.2) is 16.8 Å². The van der Waals surface area contributed by atoms with E-state index in [4.69, 9.17) is 10.2 Å². The second-order valence-corrected chi connectivity index (χ2v) is 12.2. The molecular formula is C24H50MgO8S2. The fraction of sp³-hybridized carbons (Fsp3) is 1.00. The van der Waals surface area contributed by atoms with Gasteiger partial charge in [-0.15, -0.1) is 0 Å². The molecule has 0 bridgehead atoms. The summed E-state index contributed by atoms with van der Waals surface area (Å²) in [5.74, 6) is 0. The standard InChI is InChI=1S/2C12H26O4S.Mg/c2*1-2-3-4-5-6-7-8-9-10-11-12(13)17(14,15)16;/h2*12-13H,2-11H2,1H3,(H,14,15,16);/q;;+2/p-2. The Morgan fingerprint density at radius 3 is 0.886 bits per heavy atom. The zero-order chi connectivity index (χ0) is 26.3. The predicted molar refractivity (Wildman–Crippen MR) is 141 cm³/mol. The smallest absolute Gasteiger partial charge is 0.746 e. The molecule has 0 amide bonds. The summed E-state index contributed by atoms with van der Waals surface area (Å²) < 4.78 is 62.4. The molecule has 0 saturated heterocycles. The molecule has 2 atom stereocenters. The van der Waals surface area contributed by atoms with Crippen LogP contribution in [-0.4, -0.2) is 70.1 Å². The van der Waals surface area contributed by atoms with Crippen LogP contribution in [0.25, 0.3) is 0 Å². The summed E-state index contributed by atoms with van der Waals surface area (Å²) in [6, 6.07) is 0.